The Kier molecular flexibility index (Phi) is 3.14. The second-order valence-corrected chi connectivity index (χ2v) is 4.29. The summed E-state index contributed by atoms with van der Waals surface area (Å²) in [6, 6.07) is 4.10. The Labute approximate surface area is 97.8 Å². The fourth-order valence-electron chi connectivity index (χ4n) is 1.57. The summed E-state index contributed by atoms with van der Waals surface area (Å²) in [4.78, 5) is 8.39. The van der Waals surface area contributed by atoms with E-state index in [2.05, 4.69) is 36.8 Å². The molecule has 0 bridgehead atoms. The van der Waals surface area contributed by atoms with E-state index in [1.165, 1.54) is 10.9 Å². The average molecular weight is 359 g/mol. The molecular formula is C11H13N2Re-. The molecule has 2 heterocycles. The molecule has 0 saturated heterocycles. The summed E-state index contributed by atoms with van der Waals surface area (Å²) >= 11 is 0. The summed E-state index contributed by atoms with van der Waals surface area (Å²) in [5, 5.41) is 1.18. The molecule has 0 fully saturated rings. The molecule has 2 nitrogen and oxygen atoms in total. The van der Waals surface area contributed by atoms with Gasteiger partial charge in [-0.15, -0.1) is 0 Å². The Bertz CT molecular complexity index is 426. The number of fused-ring (bicyclic) bond motifs is 1. The van der Waals surface area contributed by atoms with Gasteiger partial charge in [0.1, 0.15) is 0 Å². The molecule has 0 spiro atoms. The smallest absolute Gasteiger partial charge is 0 e. The van der Waals surface area contributed by atoms with Crippen molar-refractivity contribution in [3.05, 3.63) is 30.1 Å². The number of nitrogens with zero attached hydrogens (tertiary/aromatic N) is 2. The molecule has 0 atom stereocenters. The van der Waals surface area contributed by atoms with Gasteiger partial charge in [-0.05, 0) is 16.4 Å². The van der Waals surface area contributed by atoms with Crippen molar-refractivity contribution in [2.45, 2.75) is 26.2 Å². The Morgan fingerprint density at radius 1 is 1.21 bits per heavy atom. The number of hydrogen-bond donors (Lipinski definition) is 0. The molecule has 1 radical (unpaired) electrons. The minimum Gasteiger partial charge on any atom is -0.442 e. The van der Waals surface area contributed by atoms with E-state index < -0.39 is 0 Å². The third-order valence-electron chi connectivity index (χ3n) is 2.22. The van der Waals surface area contributed by atoms with Gasteiger partial charge in [0, 0.05) is 20.4 Å². The van der Waals surface area contributed by atoms with Gasteiger partial charge in [-0.3, -0.25) is 0 Å². The van der Waals surface area contributed by atoms with Crippen molar-refractivity contribution in [2.75, 3.05) is 0 Å². The first-order valence-electron chi connectivity index (χ1n) is 4.46. The van der Waals surface area contributed by atoms with Crippen LogP contribution in [0.5, 0.6) is 0 Å². The quantitative estimate of drug-likeness (QED) is 0.723. The third-order valence-corrected chi connectivity index (χ3v) is 2.22. The number of pyridine rings is 1. The molecule has 0 saturated carbocycles. The van der Waals surface area contributed by atoms with E-state index in [0.29, 0.717) is 0 Å². The standard InChI is InChI=1S/C11H13N2.Re/c1-11(2,3)9-5-7-13-10-8(9)4-6-12-10;/h4-7H,1-3H3;/q-1;. The van der Waals surface area contributed by atoms with Gasteiger partial charge in [0.2, 0.25) is 0 Å². The Morgan fingerprint density at radius 3 is 2.57 bits per heavy atom. The van der Waals surface area contributed by atoms with Crippen LogP contribution in [0.25, 0.3) is 11.0 Å². The van der Waals surface area contributed by atoms with Gasteiger partial charge in [0.25, 0.3) is 0 Å². The van der Waals surface area contributed by atoms with Gasteiger partial charge in [0.05, 0.1) is 0 Å². The van der Waals surface area contributed by atoms with Crippen LogP contribution in [0.3, 0.4) is 0 Å². The molecule has 0 amide bonds. The maximum Gasteiger partial charge on any atom is 0 e. The van der Waals surface area contributed by atoms with Crippen molar-refractivity contribution in [3.8, 4) is 0 Å². The number of hydrogen-bond acceptors (Lipinski definition) is 1. The monoisotopic (exact) mass is 360 g/mol. The van der Waals surface area contributed by atoms with Crippen LogP contribution in [-0.2, 0) is 25.8 Å². The Balaban J connectivity index is 0.000000980. The minimum absolute atomic E-state index is 0. The van der Waals surface area contributed by atoms with E-state index in [1.807, 2.05) is 18.5 Å². The fraction of sp³-hybridized carbons (Fsp3) is 0.364. The summed E-state index contributed by atoms with van der Waals surface area (Å²) < 4.78 is 0. The maximum atomic E-state index is 4.20. The zero-order valence-corrected chi connectivity index (χ0v) is 11.3. The van der Waals surface area contributed by atoms with Crippen LogP contribution in [0.4, 0.5) is 0 Å². The molecule has 2 aromatic rings. The summed E-state index contributed by atoms with van der Waals surface area (Å²) in [6.07, 6.45) is 3.64. The third kappa shape index (κ3) is 1.89. The average Bonchev–Trinajstić information content (AvgIpc) is 2.48. The first-order chi connectivity index (χ1) is 6.09. The molecule has 2 aromatic heterocycles. The summed E-state index contributed by atoms with van der Waals surface area (Å²) in [6.45, 7) is 6.61. The van der Waals surface area contributed by atoms with E-state index in [9.17, 15) is 0 Å². The van der Waals surface area contributed by atoms with Gasteiger partial charge in [-0.1, -0.05) is 50.9 Å². The zero-order chi connectivity index (χ0) is 9.47. The Morgan fingerprint density at radius 2 is 1.93 bits per heavy atom. The molecule has 0 aliphatic carbocycles. The van der Waals surface area contributed by atoms with Crippen molar-refractivity contribution >= 4 is 11.0 Å². The van der Waals surface area contributed by atoms with Crippen LogP contribution in [0, 0.1) is 0 Å². The SMILES string of the molecule is CC(C)(C)c1ccnc2[n-]ccc12.[Re]. The molecule has 3 heteroatoms. The van der Waals surface area contributed by atoms with Gasteiger partial charge < -0.3 is 9.97 Å². The van der Waals surface area contributed by atoms with Crippen molar-refractivity contribution in [1.29, 1.82) is 0 Å². The molecular weight excluding hydrogens is 346 g/mol. The van der Waals surface area contributed by atoms with E-state index in [-0.39, 0.29) is 25.8 Å². The second-order valence-electron chi connectivity index (χ2n) is 4.29. The first kappa shape index (κ1) is 11.4. The second kappa shape index (κ2) is 3.84. The molecule has 75 valence electrons. The van der Waals surface area contributed by atoms with Crippen LogP contribution in [0.15, 0.2) is 24.5 Å². The van der Waals surface area contributed by atoms with Crippen LogP contribution in [-0.4, -0.2) is 4.98 Å². The van der Waals surface area contributed by atoms with E-state index in [0.717, 1.165) is 5.65 Å². The van der Waals surface area contributed by atoms with Crippen LogP contribution < -0.4 is 4.98 Å². The van der Waals surface area contributed by atoms with Crippen molar-refractivity contribution < 1.29 is 20.4 Å². The van der Waals surface area contributed by atoms with Crippen molar-refractivity contribution in [2.24, 2.45) is 0 Å². The molecule has 0 aliphatic rings. The number of rotatable bonds is 0. The van der Waals surface area contributed by atoms with E-state index >= 15 is 0 Å². The zero-order valence-electron chi connectivity index (χ0n) is 8.58. The van der Waals surface area contributed by atoms with Gasteiger partial charge in [-0.2, -0.15) is 0 Å². The van der Waals surface area contributed by atoms with Crippen LogP contribution in [0.2, 0.25) is 0 Å². The van der Waals surface area contributed by atoms with Gasteiger partial charge >= 0.3 is 0 Å². The molecule has 14 heavy (non-hydrogen) atoms. The molecule has 2 rings (SSSR count). The fourth-order valence-corrected chi connectivity index (χ4v) is 1.57. The van der Waals surface area contributed by atoms with E-state index in [4.69, 9.17) is 0 Å². The molecule has 0 aliphatic heterocycles. The van der Waals surface area contributed by atoms with Crippen molar-refractivity contribution in [3.63, 3.8) is 0 Å². The summed E-state index contributed by atoms with van der Waals surface area (Å²) in [7, 11) is 0. The maximum absolute atomic E-state index is 4.20. The predicted octanol–water partition coefficient (Wildman–Crippen LogP) is 2.49. The normalized spacial score (nSPS) is 11.4. The van der Waals surface area contributed by atoms with Crippen molar-refractivity contribution in [1.82, 2.24) is 9.97 Å². The van der Waals surface area contributed by atoms with Crippen LogP contribution in [0.1, 0.15) is 26.3 Å². The topological polar surface area (TPSA) is 27.0 Å². The number of aromatic nitrogens is 2. The largest absolute Gasteiger partial charge is 0.442 e. The summed E-state index contributed by atoms with van der Waals surface area (Å²) in [5.41, 5.74) is 2.33. The molecule has 0 aromatic carbocycles. The minimum atomic E-state index is 0. The van der Waals surface area contributed by atoms with E-state index in [1.54, 1.807) is 0 Å². The van der Waals surface area contributed by atoms with Gasteiger partial charge in [0.15, 0.2) is 0 Å². The predicted molar refractivity (Wildman–Crippen MR) is 53.8 cm³/mol. The molecule has 0 unspecified atom stereocenters. The Hall–Kier alpha value is -0.648. The van der Waals surface area contributed by atoms with Crippen LogP contribution >= 0.6 is 0 Å². The summed E-state index contributed by atoms with van der Waals surface area (Å²) in [5.74, 6) is 0. The van der Waals surface area contributed by atoms with Gasteiger partial charge in [-0.25, -0.2) is 0 Å². The first-order valence-corrected chi connectivity index (χ1v) is 4.46. The molecule has 0 N–H and O–H groups in total.